The zero-order valence-corrected chi connectivity index (χ0v) is 12.2. The van der Waals surface area contributed by atoms with Gasteiger partial charge in [0.15, 0.2) is 0 Å². The van der Waals surface area contributed by atoms with E-state index in [4.69, 9.17) is 4.74 Å². The Bertz CT molecular complexity index is 625. The molecule has 22 heavy (non-hydrogen) atoms. The van der Waals surface area contributed by atoms with Gasteiger partial charge in [-0.2, -0.15) is 0 Å². The number of hydrogen-bond acceptors (Lipinski definition) is 4. The molecule has 4 nitrogen and oxygen atoms in total. The summed E-state index contributed by atoms with van der Waals surface area (Å²) < 4.78 is 23.1. The molecule has 0 aromatic heterocycles. The van der Waals surface area contributed by atoms with Gasteiger partial charge in [0.2, 0.25) is 0 Å². The fourth-order valence-corrected chi connectivity index (χ4v) is 2.03. The SMILES string of the molecule is COC(=O)C(CO)c1cccc(OCc2ccc(F)cc2)c1. The Morgan fingerprint density at radius 1 is 1.23 bits per heavy atom. The molecule has 2 rings (SSSR count). The van der Waals surface area contributed by atoms with E-state index < -0.39 is 11.9 Å². The standard InChI is InChI=1S/C17H17FO4/c1-21-17(20)16(10-19)13-3-2-4-15(9-13)22-11-12-5-7-14(18)8-6-12/h2-9,16,19H,10-11H2,1H3. The highest BCUT2D eigenvalue weighted by Crippen LogP contribution is 2.22. The molecule has 2 aromatic carbocycles. The average molecular weight is 304 g/mol. The van der Waals surface area contributed by atoms with Crippen LogP contribution in [0, 0.1) is 5.82 Å². The maximum Gasteiger partial charge on any atom is 0.315 e. The van der Waals surface area contributed by atoms with E-state index in [1.165, 1.54) is 19.2 Å². The van der Waals surface area contributed by atoms with Crippen LogP contribution in [0.3, 0.4) is 0 Å². The zero-order chi connectivity index (χ0) is 15.9. The zero-order valence-electron chi connectivity index (χ0n) is 12.2. The molecule has 5 heteroatoms. The van der Waals surface area contributed by atoms with E-state index in [9.17, 15) is 14.3 Å². The maximum absolute atomic E-state index is 12.8. The van der Waals surface area contributed by atoms with Gasteiger partial charge in [-0.25, -0.2) is 4.39 Å². The first-order valence-corrected chi connectivity index (χ1v) is 6.80. The summed E-state index contributed by atoms with van der Waals surface area (Å²) in [5.74, 6) is -0.976. The fourth-order valence-electron chi connectivity index (χ4n) is 2.03. The van der Waals surface area contributed by atoms with Gasteiger partial charge >= 0.3 is 5.97 Å². The lowest BCUT2D eigenvalue weighted by Crippen LogP contribution is -2.17. The van der Waals surface area contributed by atoms with Crippen molar-refractivity contribution in [1.82, 2.24) is 0 Å². The predicted octanol–water partition coefficient (Wildman–Crippen LogP) is 2.65. The Labute approximate surface area is 128 Å². The van der Waals surface area contributed by atoms with Crippen molar-refractivity contribution in [3.8, 4) is 5.75 Å². The minimum absolute atomic E-state index is 0.283. The van der Waals surface area contributed by atoms with Crippen LogP contribution < -0.4 is 4.74 Å². The third kappa shape index (κ3) is 4.05. The van der Waals surface area contributed by atoms with Gasteiger partial charge in [-0.1, -0.05) is 24.3 Å². The normalized spacial score (nSPS) is 11.8. The Morgan fingerprint density at radius 3 is 2.59 bits per heavy atom. The van der Waals surface area contributed by atoms with Gasteiger partial charge in [0.25, 0.3) is 0 Å². The first-order chi connectivity index (χ1) is 10.6. The monoisotopic (exact) mass is 304 g/mol. The van der Waals surface area contributed by atoms with Crippen LogP contribution in [-0.2, 0) is 16.1 Å². The van der Waals surface area contributed by atoms with Crippen LogP contribution in [0.15, 0.2) is 48.5 Å². The molecule has 1 atom stereocenters. The molecular weight excluding hydrogens is 287 g/mol. The highest BCUT2D eigenvalue weighted by Gasteiger charge is 2.20. The van der Waals surface area contributed by atoms with Crippen molar-refractivity contribution in [2.24, 2.45) is 0 Å². The molecule has 0 spiro atoms. The first-order valence-electron chi connectivity index (χ1n) is 6.80. The van der Waals surface area contributed by atoms with Gasteiger partial charge in [0, 0.05) is 0 Å². The lowest BCUT2D eigenvalue weighted by molar-refractivity contribution is -0.143. The molecule has 0 aliphatic heterocycles. The number of methoxy groups -OCH3 is 1. The summed E-state index contributed by atoms with van der Waals surface area (Å²) in [4.78, 5) is 11.6. The van der Waals surface area contributed by atoms with E-state index >= 15 is 0 Å². The molecule has 0 bridgehead atoms. The molecule has 0 amide bonds. The van der Waals surface area contributed by atoms with Crippen molar-refractivity contribution in [3.63, 3.8) is 0 Å². The van der Waals surface area contributed by atoms with Crippen LogP contribution in [0.5, 0.6) is 5.75 Å². The molecular formula is C17H17FO4. The largest absolute Gasteiger partial charge is 0.489 e. The average Bonchev–Trinajstić information content (AvgIpc) is 2.55. The van der Waals surface area contributed by atoms with Crippen LogP contribution >= 0.6 is 0 Å². The number of halogens is 1. The second kappa shape index (κ2) is 7.56. The summed E-state index contributed by atoms with van der Waals surface area (Å²) in [5, 5.41) is 9.33. The van der Waals surface area contributed by atoms with Crippen molar-refractivity contribution in [1.29, 1.82) is 0 Å². The molecule has 0 heterocycles. The minimum Gasteiger partial charge on any atom is -0.489 e. The second-order valence-electron chi connectivity index (χ2n) is 4.75. The van der Waals surface area contributed by atoms with Gasteiger partial charge in [-0.3, -0.25) is 4.79 Å². The second-order valence-corrected chi connectivity index (χ2v) is 4.75. The van der Waals surface area contributed by atoms with Crippen LogP contribution in [0.2, 0.25) is 0 Å². The number of carbonyl (C=O) groups excluding carboxylic acids is 1. The molecule has 116 valence electrons. The van der Waals surface area contributed by atoms with Crippen molar-refractivity contribution >= 4 is 5.97 Å². The van der Waals surface area contributed by atoms with E-state index in [1.807, 2.05) is 0 Å². The molecule has 0 aliphatic carbocycles. The molecule has 0 saturated carbocycles. The van der Waals surface area contributed by atoms with E-state index in [-0.39, 0.29) is 19.0 Å². The Kier molecular flexibility index (Phi) is 5.49. The summed E-state index contributed by atoms with van der Waals surface area (Å²) in [6.45, 7) is -0.0557. The first kappa shape index (κ1) is 16.0. The van der Waals surface area contributed by atoms with Gasteiger partial charge in [0.05, 0.1) is 13.7 Å². The summed E-state index contributed by atoms with van der Waals surface area (Å²) in [7, 11) is 1.28. The predicted molar refractivity (Wildman–Crippen MR) is 79.0 cm³/mol. The van der Waals surface area contributed by atoms with Crippen molar-refractivity contribution < 1.29 is 23.8 Å². The van der Waals surface area contributed by atoms with Gasteiger partial charge in [-0.15, -0.1) is 0 Å². The van der Waals surface area contributed by atoms with Crippen LogP contribution in [0.25, 0.3) is 0 Å². The molecule has 0 radical (unpaired) electrons. The number of aliphatic hydroxyl groups is 1. The Balaban J connectivity index is 2.07. The summed E-state index contributed by atoms with van der Waals surface area (Å²) >= 11 is 0. The van der Waals surface area contributed by atoms with E-state index in [1.54, 1.807) is 36.4 Å². The number of hydrogen-bond donors (Lipinski definition) is 1. The van der Waals surface area contributed by atoms with Crippen molar-refractivity contribution in [2.45, 2.75) is 12.5 Å². The van der Waals surface area contributed by atoms with Crippen molar-refractivity contribution in [3.05, 3.63) is 65.5 Å². The van der Waals surface area contributed by atoms with Crippen LogP contribution in [0.4, 0.5) is 4.39 Å². The molecule has 0 aliphatic rings. The van der Waals surface area contributed by atoms with E-state index in [2.05, 4.69) is 4.74 Å². The smallest absolute Gasteiger partial charge is 0.315 e. The molecule has 2 aromatic rings. The summed E-state index contributed by atoms with van der Waals surface area (Å²) in [6, 6.07) is 12.9. The highest BCUT2D eigenvalue weighted by molar-refractivity contribution is 5.78. The summed E-state index contributed by atoms with van der Waals surface area (Å²) in [5.41, 5.74) is 1.45. The molecule has 1 N–H and O–H groups in total. The highest BCUT2D eigenvalue weighted by atomic mass is 19.1. The number of carbonyl (C=O) groups is 1. The lowest BCUT2D eigenvalue weighted by atomic mass is 10.00. The quantitative estimate of drug-likeness (QED) is 0.834. The number of esters is 1. The van der Waals surface area contributed by atoms with Gasteiger partial charge in [-0.05, 0) is 35.4 Å². The fraction of sp³-hybridized carbons (Fsp3) is 0.235. The van der Waals surface area contributed by atoms with E-state index in [0.717, 1.165) is 5.56 Å². The number of rotatable bonds is 6. The Hall–Kier alpha value is -2.40. The van der Waals surface area contributed by atoms with Crippen LogP contribution in [-0.4, -0.2) is 24.8 Å². The lowest BCUT2D eigenvalue weighted by Gasteiger charge is -2.14. The van der Waals surface area contributed by atoms with Crippen LogP contribution in [0.1, 0.15) is 17.0 Å². The number of ether oxygens (including phenoxy) is 2. The Morgan fingerprint density at radius 2 is 1.95 bits per heavy atom. The number of benzene rings is 2. The van der Waals surface area contributed by atoms with E-state index in [0.29, 0.717) is 11.3 Å². The minimum atomic E-state index is -0.737. The van der Waals surface area contributed by atoms with Crippen molar-refractivity contribution in [2.75, 3.05) is 13.7 Å². The third-order valence-corrected chi connectivity index (χ3v) is 3.25. The molecule has 0 fully saturated rings. The maximum atomic E-state index is 12.8. The summed E-state index contributed by atoms with van der Waals surface area (Å²) in [6.07, 6.45) is 0. The molecule has 1 unspecified atom stereocenters. The topological polar surface area (TPSA) is 55.8 Å². The van der Waals surface area contributed by atoms with Gasteiger partial charge < -0.3 is 14.6 Å². The number of aliphatic hydroxyl groups excluding tert-OH is 1. The molecule has 0 saturated heterocycles. The third-order valence-electron chi connectivity index (χ3n) is 3.25. The van der Waals surface area contributed by atoms with Gasteiger partial charge in [0.1, 0.15) is 24.1 Å².